The van der Waals surface area contributed by atoms with Crippen LogP contribution in [0.15, 0.2) is 12.2 Å². The number of esters is 1. The predicted octanol–water partition coefficient (Wildman–Crippen LogP) is 15.3. The molecule has 0 saturated carbocycles. The number of rotatable bonds is 48. The van der Waals surface area contributed by atoms with Crippen molar-refractivity contribution in [2.24, 2.45) is 0 Å². The maximum Gasteiger partial charge on any atom is 0.305 e. The Bertz CT molecular complexity index is 863. The average Bonchev–Trinajstić information content (AvgIpc) is 3.22. The van der Waals surface area contributed by atoms with Crippen LogP contribution in [0.2, 0.25) is 0 Å². The molecule has 0 rings (SSSR count). The van der Waals surface area contributed by atoms with Crippen LogP contribution in [0.3, 0.4) is 0 Å². The summed E-state index contributed by atoms with van der Waals surface area (Å²) in [7, 11) is 0. The minimum atomic E-state index is -0.857. The summed E-state index contributed by atoms with van der Waals surface area (Å²) in [6, 6.07) is -0.643. The molecule has 58 heavy (non-hydrogen) atoms. The fourth-order valence-electron chi connectivity index (χ4n) is 8.05. The summed E-state index contributed by atoms with van der Waals surface area (Å²) < 4.78 is 5.45. The molecule has 2 unspecified atom stereocenters. The summed E-state index contributed by atoms with van der Waals surface area (Å²) in [6.45, 7) is 4.86. The van der Waals surface area contributed by atoms with Crippen LogP contribution in [0.5, 0.6) is 0 Å². The van der Waals surface area contributed by atoms with Crippen molar-refractivity contribution >= 4 is 11.9 Å². The van der Waals surface area contributed by atoms with E-state index in [0.29, 0.717) is 19.4 Å². The van der Waals surface area contributed by atoms with Crippen LogP contribution in [0.1, 0.15) is 284 Å². The maximum atomic E-state index is 12.4. The van der Waals surface area contributed by atoms with Gasteiger partial charge in [0, 0.05) is 12.8 Å². The van der Waals surface area contributed by atoms with Crippen molar-refractivity contribution in [2.45, 2.75) is 296 Å². The molecule has 344 valence electrons. The highest BCUT2D eigenvalue weighted by atomic mass is 16.5. The van der Waals surface area contributed by atoms with Crippen LogP contribution >= 0.6 is 0 Å². The van der Waals surface area contributed by atoms with E-state index < -0.39 is 12.1 Å². The molecule has 1 amide bonds. The predicted molar refractivity (Wildman–Crippen MR) is 250 cm³/mol. The van der Waals surface area contributed by atoms with Gasteiger partial charge in [0.2, 0.25) is 5.91 Å². The van der Waals surface area contributed by atoms with Gasteiger partial charge in [0.05, 0.1) is 25.4 Å². The van der Waals surface area contributed by atoms with E-state index >= 15 is 0 Å². The zero-order chi connectivity index (χ0) is 42.3. The smallest absolute Gasteiger partial charge is 0.305 e. The van der Waals surface area contributed by atoms with Gasteiger partial charge < -0.3 is 20.3 Å². The third kappa shape index (κ3) is 44.2. The number of carbonyl (C=O) groups is 2. The lowest BCUT2D eigenvalue weighted by Gasteiger charge is -2.20. The van der Waals surface area contributed by atoms with Gasteiger partial charge in [-0.2, -0.15) is 0 Å². The van der Waals surface area contributed by atoms with Crippen molar-refractivity contribution in [3.8, 4) is 0 Å². The second-order valence-corrected chi connectivity index (χ2v) is 17.9. The zero-order valence-corrected chi connectivity index (χ0v) is 39.0. The first-order valence-electron chi connectivity index (χ1n) is 26.0. The molecular formula is C52H101NO5. The van der Waals surface area contributed by atoms with Crippen LogP contribution in [0.4, 0.5) is 0 Å². The average molecular weight is 820 g/mol. The highest BCUT2D eigenvalue weighted by molar-refractivity contribution is 5.76. The number of hydrogen-bond donors (Lipinski definition) is 3. The lowest BCUT2D eigenvalue weighted by Crippen LogP contribution is -2.45. The molecule has 0 radical (unpaired) electrons. The number of unbranched alkanes of at least 4 members (excludes halogenated alkanes) is 37. The molecule has 0 aliphatic rings. The van der Waals surface area contributed by atoms with Gasteiger partial charge >= 0.3 is 5.97 Å². The molecule has 0 heterocycles. The second kappa shape index (κ2) is 48.3. The number of hydrogen-bond acceptors (Lipinski definition) is 5. The van der Waals surface area contributed by atoms with Crippen LogP contribution in [0.25, 0.3) is 0 Å². The third-order valence-corrected chi connectivity index (χ3v) is 12.1. The molecule has 0 aliphatic carbocycles. The van der Waals surface area contributed by atoms with Gasteiger partial charge in [-0.05, 0) is 32.1 Å². The van der Waals surface area contributed by atoms with Crippen molar-refractivity contribution in [2.75, 3.05) is 13.2 Å². The Morgan fingerprint density at radius 3 is 1.17 bits per heavy atom. The van der Waals surface area contributed by atoms with Gasteiger partial charge in [-0.1, -0.05) is 251 Å². The second-order valence-electron chi connectivity index (χ2n) is 17.9. The Morgan fingerprint density at radius 2 is 0.793 bits per heavy atom. The molecule has 0 fully saturated rings. The molecule has 0 bridgehead atoms. The van der Waals surface area contributed by atoms with Crippen molar-refractivity contribution in [1.29, 1.82) is 0 Å². The SMILES string of the molecule is CCCCCCCCCCCCCCCCC/C=C/C(O)C(CO)NC(=O)CCCCCCCCCCCCOC(=O)CCCCCCCCCCCCCCCC. The van der Waals surface area contributed by atoms with E-state index in [0.717, 1.165) is 57.8 Å². The summed E-state index contributed by atoms with van der Waals surface area (Å²) in [5, 5.41) is 23.1. The quantitative estimate of drug-likeness (QED) is 0.0323. The van der Waals surface area contributed by atoms with E-state index in [1.165, 1.54) is 199 Å². The highest BCUT2D eigenvalue weighted by Gasteiger charge is 2.18. The molecule has 0 saturated heterocycles. The molecule has 6 heteroatoms. The van der Waals surface area contributed by atoms with Crippen molar-refractivity contribution < 1.29 is 24.5 Å². The Balaban J connectivity index is 3.51. The standard InChI is InChI=1S/C52H101NO5/c1-3-5-7-9-11-13-15-17-19-20-21-22-24-28-32-36-40-44-50(55)49(48-54)53-51(56)45-41-37-33-29-26-27-31-35-39-43-47-58-52(57)46-42-38-34-30-25-23-18-16-14-12-10-8-6-4-2/h40,44,49-50,54-55H,3-39,41-43,45-48H2,1-2H3,(H,53,56)/b44-40+. The summed E-state index contributed by atoms with van der Waals surface area (Å²) in [4.78, 5) is 24.5. The minimum absolute atomic E-state index is 0.0183. The minimum Gasteiger partial charge on any atom is -0.466 e. The summed E-state index contributed by atoms with van der Waals surface area (Å²) in [5.41, 5.74) is 0. The van der Waals surface area contributed by atoms with Crippen molar-refractivity contribution in [3.63, 3.8) is 0 Å². The first-order chi connectivity index (χ1) is 28.5. The molecule has 0 aromatic heterocycles. The maximum absolute atomic E-state index is 12.4. The molecular weight excluding hydrogens is 719 g/mol. The number of ether oxygens (including phenoxy) is 1. The monoisotopic (exact) mass is 820 g/mol. The van der Waals surface area contributed by atoms with Crippen LogP contribution in [-0.4, -0.2) is 47.4 Å². The number of allylic oxidation sites excluding steroid dienone is 1. The topological polar surface area (TPSA) is 95.9 Å². The Hall–Kier alpha value is -1.40. The van der Waals surface area contributed by atoms with Gasteiger partial charge in [-0.15, -0.1) is 0 Å². The number of aliphatic hydroxyl groups is 2. The number of carbonyl (C=O) groups excluding carboxylic acids is 2. The molecule has 0 aromatic carbocycles. The lowest BCUT2D eigenvalue weighted by molar-refractivity contribution is -0.143. The molecule has 0 aromatic rings. The molecule has 0 spiro atoms. The van der Waals surface area contributed by atoms with Crippen LogP contribution in [0, 0.1) is 0 Å². The Kier molecular flexibility index (Phi) is 47.1. The zero-order valence-electron chi connectivity index (χ0n) is 39.0. The Morgan fingerprint density at radius 1 is 0.466 bits per heavy atom. The normalized spacial score (nSPS) is 12.7. The fraction of sp³-hybridized carbons (Fsp3) is 0.923. The van der Waals surface area contributed by atoms with Gasteiger partial charge in [-0.25, -0.2) is 0 Å². The molecule has 2 atom stereocenters. The van der Waals surface area contributed by atoms with Crippen molar-refractivity contribution in [3.05, 3.63) is 12.2 Å². The van der Waals surface area contributed by atoms with E-state index in [-0.39, 0.29) is 18.5 Å². The fourth-order valence-corrected chi connectivity index (χ4v) is 8.05. The van der Waals surface area contributed by atoms with Gasteiger partial charge in [0.25, 0.3) is 0 Å². The largest absolute Gasteiger partial charge is 0.466 e. The highest BCUT2D eigenvalue weighted by Crippen LogP contribution is 2.16. The third-order valence-electron chi connectivity index (χ3n) is 12.1. The number of amides is 1. The number of aliphatic hydroxyl groups excluding tert-OH is 2. The molecule has 3 N–H and O–H groups in total. The first kappa shape index (κ1) is 56.6. The summed E-state index contributed by atoms with van der Waals surface area (Å²) in [5.74, 6) is -0.107. The molecule has 0 aliphatic heterocycles. The lowest BCUT2D eigenvalue weighted by atomic mass is 10.0. The van der Waals surface area contributed by atoms with Crippen molar-refractivity contribution in [1.82, 2.24) is 5.32 Å². The molecule has 6 nitrogen and oxygen atoms in total. The first-order valence-corrected chi connectivity index (χ1v) is 26.0. The van der Waals surface area contributed by atoms with Crippen LogP contribution in [-0.2, 0) is 14.3 Å². The van der Waals surface area contributed by atoms with Gasteiger partial charge in [-0.3, -0.25) is 9.59 Å². The summed E-state index contributed by atoms with van der Waals surface area (Å²) in [6.07, 6.45) is 54.9. The van der Waals surface area contributed by atoms with E-state index in [4.69, 9.17) is 4.74 Å². The van der Waals surface area contributed by atoms with E-state index in [2.05, 4.69) is 19.2 Å². The van der Waals surface area contributed by atoms with E-state index in [9.17, 15) is 19.8 Å². The number of nitrogens with one attached hydrogen (secondary N) is 1. The van der Waals surface area contributed by atoms with E-state index in [1.807, 2.05) is 6.08 Å². The van der Waals surface area contributed by atoms with Crippen LogP contribution < -0.4 is 5.32 Å². The Labute approximate surface area is 361 Å². The van der Waals surface area contributed by atoms with E-state index in [1.54, 1.807) is 6.08 Å². The summed E-state index contributed by atoms with van der Waals surface area (Å²) >= 11 is 0. The van der Waals surface area contributed by atoms with Gasteiger partial charge in [0.1, 0.15) is 0 Å². The van der Waals surface area contributed by atoms with Gasteiger partial charge in [0.15, 0.2) is 0 Å².